The third-order valence-corrected chi connectivity index (χ3v) is 6.93. The van der Waals surface area contributed by atoms with Gasteiger partial charge in [0.2, 0.25) is 0 Å². The number of thiophene rings is 1. The van der Waals surface area contributed by atoms with Gasteiger partial charge in [-0.3, -0.25) is 4.79 Å². The molecule has 8 nitrogen and oxygen atoms in total. The predicted octanol–water partition coefficient (Wildman–Crippen LogP) is 1.98. The average Bonchev–Trinajstić information content (AvgIpc) is 3.15. The number of aryl methyl sites for hydroxylation is 1. The van der Waals surface area contributed by atoms with Crippen molar-refractivity contribution in [3.8, 4) is 5.75 Å². The molecule has 2 aromatic heterocycles. The van der Waals surface area contributed by atoms with Crippen LogP contribution < -0.4 is 26.0 Å². The van der Waals surface area contributed by atoms with Crippen LogP contribution in [-0.4, -0.2) is 54.7 Å². The summed E-state index contributed by atoms with van der Waals surface area (Å²) in [6.07, 6.45) is 3.24. The van der Waals surface area contributed by atoms with Crippen LogP contribution in [0, 0.1) is 0 Å². The fourth-order valence-corrected chi connectivity index (χ4v) is 5.00. The van der Waals surface area contributed by atoms with Crippen LogP contribution in [0.15, 0.2) is 24.4 Å². The van der Waals surface area contributed by atoms with Gasteiger partial charge in [-0.1, -0.05) is 13.0 Å². The van der Waals surface area contributed by atoms with Gasteiger partial charge in [0.1, 0.15) is 27.6 Å². The van der Waals surface area contributed by atoms with Crippen molar-refractivity contribution in [1.29, 1.82) is 0 Å². The molecule has 0 radical (unpaired) electrons. The van der Waals surface area contributed by atoms with Crippen LogP contribution in [0.2, 0.25) is 0 Å². The third kappa shape index (κ3) is 3.90. The molecule has 1 amide bonds. The van der Waals surface area contributed by atoms with E-state index in [1.165, 1.54) is 17.0 Å². The number of nitrogen functional groups attached to an aromatic ring is 1. The lowest BCUT2D eigenvalue weighted by Gasteiger charge is -2.31. The first-order chi connectivity index (χ1) is 15.1. The van der Waals surface area contributed by atoms with Crippen LogP contribution in [0.4, 0.5) is 11.4 Å². The molecule has 1 fully saturated rings. The highest BCUT2D eigenvalue weighted by molar-refractivity contribution is 7.21. The highest BCUT2D eigenvalue weighted by atomic mass is 32.1. The van der Waals surface area contributed by atoms with Crippen molar-refractivity contribution in [2.24, 2.45) is 0 Å². The van der Waals surface area contributed by atoms with Gasteiger partial charge in [-0.2, -0.15) is 0 Å². The first-order valence-electron chi connectivity index (χ1n) is 10.7. The Labute approximate surface area is 184 Å². The summed E-state index contributed by atoms with van der Waals surface area (Å²) in [7, 11) is 0. The Hall–Kier alpha value is -2.91. The zero-order chi connectivity index (χ0) is 21.4. The summed E-state index contributed by atoms with van der Waals surface area (Å²) in [5.74, 6) is 0.707. The summed E-state index contributed by atoms with van der Waals surface area (Å²) in [5, 5.41) is 6.45. The maximum absolute atomic E-state index is 12.9. The molecule has 1 atom stereocenters. The van der Waals surface area contributed by atoms with Gasteiger partial charge in [0.25, 0.3) is 5.91 Å². The van der Waals surface area contributed by atoms with E-state index in [9.17, 15) is 4.79 Å². The van der Waals surface area contributed by atoms with Crippen LogP contribution in [0.1, 0.15) is 27.9 Å². The normalized spacial score (nSPS) is 18.5. The Kier molecular flexibility index (Phi) is 5.37. The van der Waals surface area contributed by atoms with Crippen LogP contribution in [0.25, 0.3) is 10.3 Å². The van der Waals surface area contributed by atoms with Gasteiger partial charge in [0, 0.05) is 37.9 Å². The van der Waals surface area contributed by atoms with E-state index in [4.69, 9.17) is 10.5 Å². The molecule has 9 heteroatoms. The molecular weight excluding hydrogens is 412 g/mol. The van der Waals surface area contributed by atoms with Crippen molar-refractivity contribution in [2.45, 2.75) is 25.8 Å². The van der Waals surface area contributed by atoms with Crippen molar-refractivity contribution in [1.82, 2.24) is 20.6 Å². The van der Waals surface area contributed by atoms with E-state index in [1.54, 1.807) is 6.20 Å². The van der Waals surface area contributed by atoms with Crippen molar-refractivity contribution < 1.29 is 9.53 Å². The SMILES string of the molecule is CCc1cnc2sc(C(=O)N[C@H]3COc4cc(N5CCNCC5)ccc4C3)c(N)c2n1. The van der Waals surface area contributed by atoms with Crippen LogP contribution in [0.3, 0.4) is 0 Å². The summed E-state index contributed by atoms with van der Waals surface area (Å²) in [6, 6.07) is 6.26. The molecule has 5 rings (SSSR count). The second kappa shape index (κ2) is 8.32. The van der Waals surface area contributed by atoms with E-state index in [-0.39, 0.29) is 11.9 Å². The van der Waals surface area contributed by atoms with Crippen molar-refractivity contribution >= 4 is 39.0 Å². The van der Waals surface area contributed by atoms with E-state index in [0.29, 0.717) is 27.5 Å². The third-order valence-electron chi connectivity index (χ3n) is 5.83. The summed E-state index contributed by atoms with van der Waals surface area (Å²) >= 11 is 1.28. The molecule has 0 spiro atoms. The molecule has 0 bridgehead atoms. The van der Waals surface area contributed by atoms with Gasteiger partial charge < -0.3 is 26.0 Å². The second-order valence-electron chi connectivity index (χ2n) is 7.93. The first-order valence-corrected chi connectivity index (χ1v) is 11.5. The van der Waals surface area contributed by atoms with E-state index >= 15 is 0 Å². The van der Waals surface area contributed by atoms with Gasteiger partial charge in [0.05, 0.1) is 23.6 Å². The first kappa shape index (κ1) is 20.0. The lowest BCUT2D eigenvalue weighted by molar-refractivity contribution is 0.0920. The summed E-state index contributed by atoms with van der Waals surface area (Å²) in [4.78, 5) is 25.4. The largest absolute Gasteiger partial charge is 0.491 e. The molecule has 3 aromatic rings. The van der Waals surface area contributed by atoms with Gasteiger partial charge in [-0.25, -0.2) is 9.97 Å². The lowest BCUT2D eigenvalue weighted by Crippen LogP contribution is -2.44. The second-order valence-corrected chi connectivity index (χ2v) is 8.93. The van der Waals surface area contributed by atoms with Crippen LogP contribution >= 0.6 is 11.3 Å². The fourth-order valence-electron chi connectivity index (χ4n) is 4.09. The van der Waals surface area contributed by atoms with Crippen molar-refractivity contribution in [2.75, 3.05) is 43.4 Å². The molecular formula is C22H26N6O2S. The number of rotatable bonds is 4. The van der Waals surface area contributed by atoms with Gasteiger partial charge in [-0.05, 0) is 24.5 Å². The number of benzene rings is 1. The maximum atomic E-state index is 12.9. The maximum Gasteiger partial charge on any atom is 0.263 e. The fraction of sp³-hybridized carbons (Fsp3) is 0.409. The number of hydrogen-bond acceptors (Lipinski definition) is 8. The summed E-state index contributed by atoms with van der Waals surface area (Å²) in [6.45, 7) is 6.44. The number of carbonyl (C=O) groups is 1. The van der Waals surface area contributed by atoms with E-state index in [0.717, 1.165) is 56.0 Å². The van der Waals surface area contributed by atoms with E-state index in [1.807, 2.05) is 6.92 Å². The number of ether oxygens (including phenoxy) is 1. The molecule has 0 aliphatic carbocycles. The number of nitrogens with two attached hydrogens (primary N) is 1. The Balaban J connectivity index is 1.29. The molecule has 0 unspecified atom stereocenters. The number of piperazine rings is 1. The van der Waals surface area contributed by atoms with Crippen LogP contribution in [0.5, 0.6) is 5.75 Å². The van der Waals surface area contributed by atoms with Gasteiger partial charge in [0.15, 0.2) is 0 Å². The molecule has 2 aliphatic rings. The molecule has 4 N–H and O–H groups in total. The number of fused-ring (bicyclic) bond motifs is 2. The topological polar surface area (TPSA) is 105 Å². The number of nitrogens with zero attached hydrogens (tertiary/aromatic N) is 3. The molecule has 31 heavy (non-hydrogen) atoms. The summed E-state index contributed by atoms with van der Waals surface area (Å²) < 4.78 is 6.01. The van der Waals surface area contributed by atoms with Crippen LogP contribution in [-0.2, 0) is 12.8 Å². The monoisotopic (exact) mass is 438 g/mol. The highest BCUT2D eigenvalue weighted by Gasteiger charge is 2.26. The number of aromatic nitrogens is 2. The van der Waals surface area contributed by atoms with Gasteiger partial charge >= 0.3 is 0 Å². The minimum absolute atomic E-state index is 0.109. The standard InChI is InChI=1S/C22H26N6O2S/c1-2-14-11-25-22-19(26-14)18(23)20(31-22)21(29)27-15-9-13-3-4-16(10-17(13)30-12-15)28-7-5-24-6-8-28/h3-4,10-11,15,24H,2,5-9,12,23H2,1H3,(H,27,29)/t15-/m1/s1. The zero-order valence-electron chi connectivity index (χ0n) is 17.5. The molecule has 0 saturated carbocycles. The Morgan fingerprint density at radius 3 is 3.03 bits per heavy atom. The minimum atomic E-state index is -0.199. The number of nitrogens with one attached hydrogen (secondary N) is 2. The molecule has 2 aliphatic heterocycles. The molecule has 4 heterocycles. The number of anilines is 2. The zero-order valence-corrected chi connectivity index (χ0v) is 18.3. The van der Waals surface area contributed by atoms with E-state index < -0.39 is 0 Å². The number of amides is 1. The minimum Gasteiger partial charge on any atom is -0.491 e. The lowest BCUT2D eigenvalue weighted by atomic mass is 10.0. The average molecular weight is 439 g/mol. The Morgan fingerprint density at radius 1 is 1.39 bits per heavy atom. The molecule has 1 saturated heterocycles. The van der Waals surface area contributed by atoms with Crippen molar-refractivity contribution in [3.05, 3.63) is 40.5 Å². The summed E-state index contributed by atoms with van der Waals surface area (Å²) in [5.41, 5.74) is 10.4. The predicted molar refractivity (Wildman–Crippen MR) is 123 cm³/mol. The number of carbonyl (C=O) groups excluding carboxylic acids is 1. The number of hydrogen-bond donors (Lipinski definition) is 3. The Bertz CT molecular complexity index is 1120. The van der Waals surface area contributed by atoms with Crippen molar-refractivity contribution in [3.63, 3.8) is 0 Å². The molecule has 162 valence electrons. The highest BCUT2D eigenvalue weighted by Crippen LogP contribution is 2.32. The Morgan fingerprint density at radius 2 is 2.23 bits per heavy atom. The quantitative estimate of drug-likeness (QED) is 0.572. The molecule has 1 aromatic carbocycles. The smallest absolute Gasteiger partial charge is 0.263 e. The van der Waals surface area contributed by atoms with Gasteiger partial charge in [-0.15, -0.1) is 11.3 Å². The van der Waals surface area contributed by atoms with E-state index in [2.05, 4.69) is 43.7 Å².